The molecule has 1 heterocycles. The van der Waals surface area contributed by atoms with Crippen molar-refractivity contribution < 1.29 is 0 Å². The lowest BCUT2D eigenvalue weighted by molar-refractivity contribution is 0.604. The van der Waals surface area contributed by atoms with Crippen LogP contribution >= 0.6 is 11.6 Å². The summed E-state index contributed by atoms with van der Waals surface area (Å²) in [6, 6.07) is 10.2. The van der Waals surface area contributed by atoms with Crippen LogP contribution in [0, 0.1) is 0 Å². The van der Waals surface area contributed by atoms with E-state index in [0.29, 0.717) is 0 Å². The van der Waals surface area contributed by atoms with Crippen LogP contribution in [0.3, 0.4) is 0 Å². The normalized spacial score (nSPS) is 12.7. The highest BCUT2D eigenvalue weighted by atomic mass is 35.5. The molecule has 0 radical (unpaired) electrons. The number of benzene rings is 1. The number of hydrogen-bond acceptors (Lipinski definition) is 2. The zero-order valence-electron chi connectivity index (χ0n) is 10.9. The van der Waals surface area contributed by atoms with E-state index in [0.717, 1.165) is 28.4 Å². The summed E-state index contributed by atoms with van der Waals surface area (Å²) in [6.07, 6.45) is 0.944. The molecule has 1 aromatic heterocycles. The first kappa shape index (κ1) is 13.1. The fourth-order valence-corrected chi connectivity index (χ4v) is 2.36. The van der Waals surface area contributed by atoms with Crippen LogP contribution in [0.15, 0.2) is 30.3 Å². The molecule has 2 rings (SSSR count). The number of aryl methyl sites for hydroxylation is 2. The van der Waals surface area contributed by atoms with Gasteiger partial charge in [0.2, 0.25) is 0 Å². The minimum absolute atomic E-state index is 0.112. The topological polar surface area (TPSA) is 29.9 Å². The summed E-state index contributed by atoms with van der Waals surface area (Å²) in [7, 11) is 3.92. The van der Waals surface area contributed by atoms with Crippen LogP contribution in [0.1, 0.15) is 29.9 Å². The van der Waals surface area contributed by atoms with Gasteiger partial charge in [-0.25, -0.2) is 0 Å². The molecular formula is C14H18ClN3. The third-order valence-corrected chi connectivity index (χ3v) is 3.33. The first-order valence-corrected chi connectivity index (χ1v) is 6.49. The van der Waals surface area contributed by atoms with Crippen molar-refractivity contribution >= 4 is 11.6 Å². The van der Waals surface area contributed by atoms with E-state index in [2.05, 4.69) is 29.5 Å². The van der Waals surface area contributed by atoms with Gasteiger partial charge < -0.3 is 5.32 Å². The van der Waals surface area contributed by atoms with Crippen molar-refractivity contribution in [1.82, 2.24) is 15.1 Å². The van der Waals surface area contributed by atoms with Crippen LogP contribution in [-0.4, -0.2) is 16.8 Å². The fourth-order valence-electron chi connectivity index (χ4n) is 2.16. The molecule has 3 nitrogen and oxygen atoms in total. The zero-order chi connectivity index (χ0) is 13.1. The third-order valence-electron chi connectivity index (χ3n) is 3.10. The van der Waals surface area contributed by atoms with Crippen molar-refractivity contribution in [3.63, 3.8) is 0 Å². The second-order valence-corrected chi connectivity index (χ2v) is 4.75. The maximum atomic E-state index is 6.06. The van der Waals surface area contributed by atoms with Gasteiger partial charge in [-0.3, -0.25) is 4.68 Å². The number of hydrogen-bond donors (Lipinski definition) is 1. The maximum Gasteiger partial charge on any atom is 0.0746 e. The SMILES string of the molecule is CCc1cc(C(NC)c2cccc(Cl)c2)n(C)n1. The van der Waals surface area contributed by atoms with E-state index in [-0.39, 0.29) is 6.04 Å². The molecule has 0 saturated heterocycles. The third kappa shape index (κ3) is 2.57. The van der Waals surface area contributed by atoms with Crippen LogP contribution < -0.4 is 5.32 Å². The Kier molecular flexibility index (Phi) is 4.04. The van der Waals surface area contributed by atoms with Crippen molar-refractivity contribution in [1.29, 1.82) is 0 Å². The number of rotatable bonds is 4. The van der Waals surface area contributed by atoms with E-state index in [1.165, 1.54) is 0 Å². The van der Waals surface area contributed by atoms with Crippen LogP contribution in [-0.2, 0) is 13.5 Å². The average molecular weight is 264 g/mol. The van der Waals surface area contributed by atoms with E-state index < -0.39 is 0 Å². The van der Waals surface area contributed by atoms with Crippen molar-refractivity contribution in [3.8, 4) is 0 Å². The molecule has 0 spiro atoms. The molecule has 1 unspecified atom stereocenters. The predicted octanol–water partition coefficient (Wildman–Crippen LogP) is 2.94. The molecule has 1 aromatic carbocycles. The van der Waals surface area contributed by atoms with Crippen molar-refractivity contribution in [3.05, 3.63) is 52.3 Å². The lowest BCUT2D eigenvalue weighted by Gasteiger charge is -2.17. The van der Waals surface area contributed by atoms with Gasteiger partial charge >= 0.3 is 0 Å². The average Bonchev–Trinajstić information content (AvgIpc) is 2.72. The summed E-state index contributed by atoms with van der Waals surface area (Å²) in [5, 5.41) is 8.57. The number of nitrogens with zero attached hydrogens (tertiary/aromatic N) is 2. The van der Waals surface area contributed by atoms with Gasteiger partial charge in [0.15, 0.2) is 0 Å². The molecule has 0 fully saturated rings. The van der Waals surface area contributed by atoms with E-state index in [9.17, 15) is 0 Å². The molecule has 0 aliphatic carbocycles. The summed E-state index contributed by atoms with van der Waals surface area (Å²) in [4.78, 5) is 0. The Hall–Kier alpha value is -1.32. The molecule has 4 heteroatoms. The quantitative estimate of drug-likeness (QED) is 0.919. The number of nitrogens with one attached hydrogen (secondary N) is 1. The Labute approximate surface area is 113 Å². The number of aromatic nitrogens is 2. The van der Waals surface area contributed by atoms with Crippen LogP contribution in [0.4, 0.5) is 0 Å². The summed E-state index contributed by atoms with van der Waals surface area (Å²) in [6.45, 7) is 2.11. The first-order chi connectivity index (χ1) is 8.65. The lowest BCUT2D eigenvalue weighted by Crippen LogP contribution is -2.20. The van der Waals surface area contributed by atoms with Gasteiger partial charge in [0.1, 0.15) is 0 Å². The minimum Gasteiger partial charge on any atom is -0.308 e. The maximum absolute atomic E-state index is 6.06. The van der Waals surface area contributed by atoms with Gasteiger partial charge in [-0.2, -0.15) is 5.10 Å². The first-order valence-electron chi connectivity index (χ1n) is 6.11. The smallest absolute Gasteiger partial charge is 0.0746 e. The van der Waals surface area contributed by atoms with Gasteiger partial charge in [0.05, 0.1) is 17.4 Å². The fraction of sp³-hybridized carbons (Fsp3) is 0.357. The molecule has 1 atom stereocenters. The summed E-state index contributed by atoms with van der Waals surface area (Å²) < 4.78 is 1.93. The monoisotopic (exact) mass is 263 g/mol. The van der Waals surface area contributed by atoms with E-state index >= 15 is 0 Å². The van der Waals surface area contributed by atoms with Crippen LogP contribution in [0.2, 0.25) is 5.02 Å². The van der Waals surface area contributed by atoms with Gasteiger partial charge in [-0.1, -0.05) is 30.7 Å². The molecule has 18 heavy (non-hydrogen) atoms. The molecule has 96 valence electrons. The van der Waals surface area contributed by atoms with Crippen molar-refractivity contribution in [2.75, 3.05) is 7.05 Å². The minimum atomic E-state index is 0.112. The second kappa shape index (κ2) is 5.55. The standard InChI is InChI=1S/C14H18ClN3/c1-4-12-9-13(18(3)17-12)14(16-2)10-6-5-7-11(15)8-10/h5-9,14,16H,4H2,1-3H3. The second-order valence-electron chi connectivity index (χ2n) is 4.31. The lowest BCUT2D eigenvalue weighted by atomic mass is 10.0. The van der Waals surface area contributed by atoms with E-state index in [1.807, 2.05) is 37.0 Å². The molecule has 2 aromatic rings. The van der Waals surface area contributed by atoms with Crippen molar-refractivity contribution in [2.24, 2.45) is 7.05 Å². The van der Waals surface area contributed by atoms with Crippen molar-refractivity contribution in [2.45, 2.75) is 19.4 Å². The van der Waals surface area contributed by atoms with Gasteiger partial charge in [0.25, 0.3) is 0 Å². The van der Waals surface area contributed by atoms with Gasteiger partial charge in [-0.15, -0.1) is 0 Å². The Bertz CT molecular complexity index is 534. The van der Waals surface area contributed by atoms with Gasteiger partial charge in [0, 0.05) is 12.1 Å². The summed E-state index contributed by atoms with van der Waals surface area (Å²) in [5.74, 6) is 0. The summed E-state index contributed by atoms with van der Waals surface area (Å²) in [5.41, 5.74) is 3.40. The van der Waals surface area contributed by atoms with E-state index in [4.69, 9.17) is 11.6 Å². The highest BCUT2D eigenvalue weighted by molar-refractivity contribution is 6.30. The summed E-state index contributed by atoms with van der Waals surface area (Å²) >= 11 is 6.06. The van der Waals surface area contributed by atoms with Crippen LogP contribution in [0.5, 0.6) is 0 Å². The predicted molar refractivity (Wildman–Crippen MR) is 74.9 cm³/mol. The Morgan fingerprint density at radius 1 is 1.39 bits per heavy atom. The molecule has 0 aliphatic heterocycles. The van der Waals surface area contributed by atoms with E-state index in [1.54, 1.807) is 0 Å². The molecule has 0 amide bonds. The van der Waals surface area contributed by atoms with Gasteiger partial charge in [-0.05, 0) is 37.2 Å². The Morgan fingerprint density at radius 2 is 2.17 bits per heavy atom. The molecule has 0 bridgehead atoms. The molecule has 1 N–H and O–H groups in total. The largest absolute Gasteiger partial charge is 0.308 e. The van der Waals surface area contributed by atoms with Crippen LogP contribution in [0.25, 0.3) is 0 Å². The highest BCUT2D eigenvalue weighted by Gasteiger charge is 2.17. The Balaban J connectivity index is 2.41. The molecular weight excluding hydrogens is 246 g/mol. The number of halogens is 1. The molecule has 0 saturated carbocycles. The molecule has 0 aliphatic rings. The Morgan fingerprint density at radius 3 is 2.72 bits per heavy atom. The zero-order valence-corrected chi connectivity index (χ0v) is 11.7. The highest BCUT2D eigenvalue weighted by Crippen LogP contribution is 2.24.